The van der Waals surface area contributed by atoms with Gasteiger partial charge in [0.1, 0.15) is 5.82 Å². The third kappa shape index (κ3) is 3.07. The summed E-state index contributed by atoms with van der Waals surface area (Å²) in [7, 11) is 0. The Morgan fingerprint density at radius 1 is 1.29 bits per heavy atom. The Morgan fingerprint density at radius 2 is 1.92 bits per heavy atom. The maximum absolute atomic E-state index is 11.8. The molecule has 2 aliphatic rings. The van der Waals surface area contributed by atoms with Gasteiger partial charge in [-0.3, -0.25) is 0 Å². The zero-order chi connectivity index (χ0) is 17.5. The van der Waals surface area contributed by atoms with E-state index in [4.69, 9.17) is 5.11 Å². The van der Waals surface area contributed by atoms with Crippen LogP contribution in [0.1, 0.15) is 52.0 Å². The highest BCUT2D eigenvalue weighted by Crippen LogP contribution is 2.41. The number of amides is 1. The molecule has 0 saturated carbocycles. The molecule has 3 heterocycles. The first-order chi connectivity index (χ1) is 11.3. The van der Waals surface area contributed by atoms with Gasteiger partial charge in [0, 0.05) is 29.9 Å². The van der Waals surface area contributed by atoms with Crippen molar-refractivity contribution < 1.29 is 15.0 Å². The summed E-state index contributed by atoms with van der Waals surface area (Å²) in [4.78, 5) is 20.3. The van der Waals surface area contributed by atoms with Crippen molar-refractivity contribution in [2.24, 2.45) is 0 Å². The quantitative estimate of drug-likeness (QED) is 0.889. The second kappa shape index (κ2) is 6.24. The molecule has 2 bridgehead atoms. The highest BCUT2D eigenvalue weighted by molar-refractivity contribution is 5.66. The van der Waals surface area contributed by atoms with Crippen molar-refractivity contribution in [1.29, 1.82) is 0 Å². The molecule has 1 amide bonds. The Labute approximate surface area is 143 Å². The summed E-state index contributed by atoms with van der Waals surface area (Å²) in [5.41, 5.74) is 0.421. The second-order valence-electron chi connectivity index (χ2n) is 7.92. The molecule has 2 fully saturated rings. The van der Waals surface area contributed by atoms with Gasteiger partial charge in [0.15, 0.2) is 0 Å². The molecule has 0 radical (unpaired) electrons. The van der Waals surface area contributed by atoms with Crippen molar-refractivity contribution in [3.05, 3.63) is 23.9 Å². The number of hydrogen-bond acceptors (Lipinski definition) is 4. The Bertz CT molecular complexity index is 583. The normalized spacial score (nSPS) is 26.5. The van der Waals surface area contributed by atoms with Crippen LogP contribution in [-0.2, 0) is 6.61 Å². The second-order valence-corrected chi connectivity index (χ2v) is 7.92. The average Bonchev–Trinajstić information content (AvgIpc) is 2.76. The lowest BCUT2D eigenvalue weighted by atomic mass is 9.92. The lowest BCUT2D eigenvalue weighted by Gasteiger charge is -2.47. The summed E-state index contributed by atoms with van der Waals surface area (Å²) >= 11 is 0. The van der Waals surface area contributed by atoms with Gasteiger partial charge in [0.25, 0.3) is 0 Å². The lowest BCUT2D eigenvalue weighted by Crippen LogP contribution is -2.57. The largest absolute Gasteiger partial charge is 0.465 e. The molecule has 3 rings (SSSR count). The molecule has 1 aromatic rings. The minimum Gasteiger partial charge on any atom is -0.465 e. The molecule has 1 aromatic heterocycles. The van der Waals surface area contributed by atoms with Crippen molar-refractivity contribution >= 4 is 11.9 Å². The number of nitrogens with zero attached hydrogens (tertiary/aromatic N) is 3. The van der Waals surface area contributed by atoms with Gasteiger partial charge in [-0.25, -0.2) is 9.78 Å². The first-order valence-corrected chi connectivity index (χ1v) is 8.67. The topological polar surface area (TPSA) is 76.9 Å². The van der Waals surface area contributed by atoms with Gasteiger partial charge >= 0.3 is 6.09 Å². The molecule has 2 N–H and O–H groups in total. The number of hydrogen-bond donors (Lipinski definition) is 2. The van der Waals surface area contributed by atoms with Gasteiger partial charge in [0.05, 0.1) is 6.61 Å². The molecule has 0 spiro atoms. The number of carboxylic acid groups (broad SMARTS) is 1. The molecular formula is C18H27N3O3. The van der Waals surface area contributed by atoms with Crippen LogP contribution in [0.4, 0.5) is 10.6 Å². The summed E-state index contributed by atoms with van der Waals surface area (Å²) in [5, 5.41) is 18.8. The van der Waals surface area contributed by atoms with Crippen molar-refractivity contribution in [1.82, 2.24) is 9.88 Å². The fourth-order valence-corrected chi connectivity index (χ4v) is 4.39. The smallest absolute Gasteiger partial charge is 0.407 e. The zero-order valence-electron chi connectivity index (χ0n) is 14.6. The van der Waals surface area contributed by atoms with Crippen molar-refractivity contribution in [2.45, 2.75) is 76.7 Å². The first kappa shape index (κ1) is 17.0. The molecule has 2 saturated heterocycles. The fraction of sp³-hybridized carbons (Fsp3) is 0.667. The van der Waals surface area contributed by atoms with Crippen LogP contribution in [0.25, 0.3) is 0 Å². The summed E-state index contributed by atoms with van der Waals surface area (Å²) < 4.78 is 0. The van der Waals surface area contributed by atoms with E-state index in [2.05, 4.69) is 9.88 Å². The van der Waals surface area contributed by atoms with Gasteiger partial charge in [-0.05, 0) is 58.1 Å². The minimum absolute atomic E-state index is 0.00135. The number of carbonyl (C=O) groups is 1. The van der Waals surface area contributed by atoms with E-state index in [0.717, 1.165) is 37.1 Å². The van der Waals surface area contributed by atoms with Crippen molar-refractivity contribution in [3.8, 4) is 0 Å². The van der Waals surface area contributed by atoms with Crippen LogP contribution in [0.2, 0.25) is 0 Å². The van der Waals surface area contributed by atoms with E-state index >= 15 is 0 Å². The van der Waals surface area contributed by atoms with Gasteiger partial charge in [-0.2, -0.15) is 0 Å². The Hall–Kier alpha value is -1.82. The number of pyridine rings is 1. The van der Waals surface area contributed by atoms with Crippen molar-refractivity contribution in [3.63, 3.8) is 0 Å². The maximum Gasteiger partial charge on any atom is 0.407 e. The van der Waals surface area contributed by atoms with Crippen LogP contribution in [-0.4, -0.2) is 49.9 Å². The van der Waals surface area contributed by atoms with Crippen LogP contribution >= 0.6 is 0 Å². The Balaban J connectivity index is 1.79. The predicted molar refractivity (Wildman–Crippen MR) is 92.1 cm³/mol. The molecule has 0 aliphatic carbocycles. The molecule has 2 aliphatic heterocycles. The number of rotatable bonds is 3. The molecule has 132 valence electrons. The number of aliphatic hydroxyl groups excluding tert-OH is 1. The fourth-order valence-electron chi connectivity index (χ4n) is 4.39. The molecular weight excluding hydrogens is 306 g/mol. The monoisotopic (exact) mass is 333 g/mol. The first-order valence-electron chi connectivity index (χ1n) is 8.67. The molecule has 0 aromatic carbocycles. The molecule has 2 unspecified atom stereocenters. The molecule has 6 heteroatoms. The van der Waals surface area contributed by atoms with E-state index in [1.807, 2.05) is 32.9 Å². The summed E-state index contributed by atoms with van der Waals surface area (Å²) in [6.07, 6.45) is 4.77. The predicted octanol–water partition coefficient (Wildman–Crippen LogP) is 2.85. The molecule has 6 nitrogen and oxygen atoms in total. The SMILES string of the molecule is CC(C)(C)N(C(=O)O)C1CC2CCC(C1)N2c1ccc(CO)cn1. The zero-order valence-corrected chi connectivity index (χ0v) is 14.6. The Kier molecular flexibility index (Phi) is 4.42. The van der Waals surface area contributed by atoms with Crippen LogP contribution in [0.5, 0.6) is 0 Å². The van der Waals surface area contributed by atoms with Crippen LogP contribution in [0.15, 0.2) is 18.3 Å². The van der Waals surface area contributed by atoms with E-state index in [-0.39, 0.29) is 18.2 Å². The van der Waals surface area contributed by atoms with E-state index in [9.17, 15) is 9.90 Å². The van der Waals surface area contributed by atoms with Gasteiger partial charge in [-0.1, -0.05) is 6.07 Å². The van der Waals surface area contributed by atoms with E-state index in [1.54, 1.807) is 11.1 Å². The van der Waals surface area contributed by atoms with Crippen LogP contribution in [0.3, 0.4) is 0 Å². The Morgan fingerprint density at radius 3 is 2.33 bits per heavy atom. The van der Waals surface area contributed by atoms with E-state index < -0.39 is 6.09 Å². The number of aromatic nitrogens is 1. The van der Waals surface area contributed by atoms with Crippen LogP contribution in [0, 0.1) is 0 Å². The number of fused-ring (bicyclic) bond motifs is 2. The van der Waals surface area contributed by atoms with E-state index in [0.29, 0.717) is 12.1 Å². The number of aliphatic hydroxyl groups is 1. The molecule has 24 heavy (non-hydrogen) atoms. The lowest BCUT2D eigenvalue weighted by molar-refractivity contribution is 0.0558. The average molecular weight is 333 g/mol. The summed E-state index contributed by atoms with van der Waals surface area (Å²) in [5.74, 6) is 0.941. The highest BCUT2D eigenvalue weighted by Gasteiger charge is 2.46. The number of piperidine rings is 1. The standard InChI is InChI=1S/C18H27N3O3/c1-18(2,3)21(17(23)24)15-8-13-5-6-14(9-15)20(13)16-7-4-12(11-22)10-19-16/h4,7,10,13-15,22H,5-6,8-9,11H2,1-3H3,(H,23,24). The third-order valence-electron chi connectivity index (χ3n) is 5.26. The minimum atomic E-state index is -0.828. The number of anilines is 1. The molecule has 2 atom stereocenters. The summed E-state index contributed by atoms with van der Waals surface area (Å²) in [6.45, 7) is 5.89. The van der Waals surface area contributed by atoms with Gasteiger partial charge in [0.2, 0.25) is 0 Å². The van der Waals surface area contributed by atoms with E-state index in [1.165, 1.54) is 0 Å². The summed E-state index contributed by atoms with van der Waals surface area (Å²) in [6, 6.07) is 4.62. The van der Waals surface area contributed by atoms with Gasteiger partial charge in [-0.15, -0.1) is 0 Å². The van der Waals surface area contributed by atoms with Crippen molar-refractivity contribution in [2.75, 3.05) is 4.90 Å². The highest BCUT2D eigenvalue weighted by atomic mass is 16.4. The van der Waals surface area contributed by atoms with Gasteiger partial charge < -0.3 is 20.0 Å². The third-order valence-corrected chi connectivity index (χ3v) is 5.26. The maximum atomic E-state index is 11.8. The van der Waals surface area contributed by atoms with Crippen LogP contribution < -0.4 is 4.90 Å².